The summed E-state index contributed by atoms with van der Waals surface area (Å²) < 4.78 is 52.7. The minimum atomic E-state index is -5.92. The molecule has 21 nitrogen and oxygen atoms in total. The molecule has 1 aliphatic rings. The van der Waals surface area contributed by atoms with Crippen LogP contribution >= 0.6 is 23.4 Å². The number of aromatic amines is 1. The van der Waals surface area contributed by atoms with E-state index in [4.69, 9.17) is 15.4 Å². The second-order valence-electron chi connectivity index (χ2n) is 7.03. The molecule has 6 N–H and O–H groups in total. The molecule has 7 atom stereocenters. The van der Waals surface area contributed by atoms with Gasteiger partial charge in [-0.3, -0.25) is 18.9 Å². The van der Waals surface area contributed by atoms with Crippen molar-refractivity contribution >= 4 is 23.4 Å². The van der Waals surface area contributed by atoms with Gasteiger partial charge in [-0.1, -0.05) is 10.4 Å². The lowest BCUT2D eigenvalue weighted by Gasteiger charge is -2.30. The van der Waals surface area contributed by atoms with Crippen molar-refractivity contribution in [3.05, 3.63) is 47.8 Å². The third-order valence-corrected chi connectivity index (χ3v) is 8.63. The zero-order valence-electron chi connectivity index (χ0n) is 17.2. The number of hydrogen-bond acceptors (Lipinski definition) is 15. The van der Waals surface area contributed by atoms with Gasteiger partial charge in [-0.25, -0.2) is 18.5 Å². The Morgan fingerprint density at radius 2 is 1.80 bits per heavy atom. The molecule has 1 aliphatic heterocycles. The lowest BCUT2D eigenvalue weighted by atomic mass is 9.83. The Hall–Kier alpha value is -2.15. The van der Waals surface area contributed by atoms with Gasteiger partial charge in [-0.2, -0.15) is 13.5 Å². The Balaban J connectivity index is 2.40. The number of phosphoric ester groups is 1. The van der Waals surface area contributed by atoms with Crippen molar-refractivity contribution in [2.75, 3.05) is 13.2 Å². The van der Waals surface area contributed by atoms with Crippen LogP contribution in [0.1, 0.15) is 13.2 Å². The first-order valence-electron chi connectivity index (χ1n) is 8.77. The van der Waals surface area contributed by atoms with Crippen molar-refractivity contribution in [2.24, 2.45) is 21.0 Å². The lowest BCUT2D eigenvalue weighted by Crippen LogP contribution is -2.54. The average molecular weight is 566 g/mol. The molecule has 0 aromatic carbocycles. The molecule has 1 saturated heterocycles. The molecule has 24 heteroatoms. The maximum Gasteiger partial charge on any atom is 0.496 e. The number of nitroso groups, excluding NO2 is 3. The molecule has 0 amide bonds. The molecule has 1 aromatic rings. The second kappa shape index (κ2) is 10.1. The third kappa shape index (κ3) is 6.16. The summed E-state index contributed by atoms with van der Waals surface area (Å²) >= 11 is 0. The zero-order chi connectivity index (χ0) is 26.9. The van der Waals surface area contributed by atoms with Gasteiger partial charge in [0, 0.05) is 23.8 Å². The number of nitrogens with two attached hydrogens (primary N) is 1. The topological polar surface area (TPSA) is 318 Å². The maximum atomic E-state index is 12.2. The highest BCUT2D eigenvalue weighted by molar-refractivity contribution is 7.67. The first-order valence-corrected chi connectivity index (χ1v) is 13.3. The first kappa shape index (κ1) is 29.1. The molecule has 3 unspecified atom stereocenters. The van der Waals surface area contributed by atoms with E-state index in [2.05, 4.69) is 23.5 Å². The van der Waals surface area contributed by atoms with Gasteiger partial charge in [0.15, 0.2) is 17.8 Å². The molecular weight excluding hydrogens is 549 g/mol. The highest BCUT2D eigenvalue weighted by Crippen LogP contribution is 2.68. The fourth-order valence-corrected chi connectivity index (χ4v) is 6.36. The van der Waals surface area contributed by atoms with Crippen molar-refractivity contribution in [2.45, 2.75) is 30.3 Å². The van der Waals surface area contributed by atoms with E-state index in [1.807, 2.05) is 4.98 Å². The molecule has 2 rings (SSSR count). The van der Waals surface area contributed by atoms with E-state index < -0.39 is 71.2 Å². The predicted octanol–water partition coefficient (Wildman–Crippen LogP) is -0.460. The number of H-pyrrole nitrogens is 1. The first-order chi connectivity index (χ1) is 16.0. The number of ether oxygens (including phenoxy) is 1. The van der Waals surface area contributed by atoms with E-state index in [0.29, 0.717) is 4.57 Å². The standard InChI is InChI=1S/C11H17N6O15P3/c1-10(15-21)7(14-20)11(4-12,30-8(10)17-3-2-6(18)13-9(17)19)5-29-34(25,26)32-35(27,28)31-33(23,24)16-22/h2-3,7-8H,4-5,12H2,1H3,(H,23,24)(H,25,26)(H,27,28)(H,13,18,19)/t7-,8+,10+,11+/m0/s1. The summed E-state index contributed by atoms with van der Waals surface area (Å²) in [5.74, 6) is 0. The van der Waals surface area contributed by atoms with Crippen LogP contribution in [-0.2, 0) is 31.6 Å². The van der Waals surface area contributed by atoms with Crippen LogP contribution in [0.25, 0.3) is 0 Å². The van der Waals surface area contributed by atoms with E-state index in [1.165, 1.54) is 4.95 Å². The average Bonchev–Trinajstić information content (AvgIpc) is 2.99. The molecular formula is C11H17N6O15P3. The monoisotopic (exact) mass is 566 g/mol. The smallest absolute Gasteiger partial charge is 0.342 e. The number of phosphoric acid groups is 2. The van der Waals surface area contributed by atoms with Crippen molar-refractivity contribution in [1.29, 1.82) is 0 Å². The summed E-state index contributed by atoms with van der Waals surface area (Å²) in [6.07, 6.45) is -0.887. The van der Waals surface area contributed by atoms with Gasteiger partial charge >= 0.3 is 29.1 Å². The summed E-state index contributed by atoms with van der Waals surface area (Å²) in [4.78, 5) is 88.3. The van der Waals surface area contributed by atoms with Crippen LogP contribution in [0.5, 0.6) is 0 Å². The Morgan fingerprint density at radius 1 is 1.17 bits per heavy atom. The van der Waals surface area contributed by atoms with Crippen LogP contribution in [0.2, 0.25) is 0 Å². The van der Waals surface area contributed by atoms with Crippen molar-refractivity contribution in [3.63, 3.8) is 0 Å². The van der Waals surface area contributed by atoms with Crippen molar-refractivity contribution < 1.29 is 46.3 Å². The Labute approximate surface area is 192 Å². The predicted molar refractivity (Wildman–Crippen MR) is 110 cm³/mol. The number of hydrogen-bond donors (Lipinski definition) is 5. The normalized spacial score (nSPS) is 31.6. The molecule has 1 fully saturated rings. The van der Waals surface area contributed by atoms with E-state index in [0.717, 1.165) is 19.2 Å². The number of aromatic nitrogens is 2. The lowest BCUT2D eigenvalue weighted by molar-refractivity contribution is -0.101. The van der Waals surface area contributed by atoms with E-state index in [-0.39, 0.29) is 0 Å². The Kier molecular flexibility index (Phi) is 8.37. The van der Waals surface area contributed by atoms with Gasteiger partial charge in [0.05, 0.1) is 6.61 Å². The number of nitrogens with one attached hydrogen (secondary N) is 1. The molecule has 196 valence electrons. The molecule has 0 aliphatic carbocycles. The molecule has 1 aromatic heterocycles. The molecule has 0 spiro atoms. The van der Waals surface area contributed by atoms with Crippen molar-refractivity contribution in [1.82, 2.24) is 9.55 Å². The van der Waals surface area contributed by atoms with E-state index in [1.54, 1.807) is 0 Å². The highest BCUT2D eigenvalue weighted by atomic mass is 31.3. The second-order valence-corrected chi connectivity index (χ2v) is 11.6. The molecule has 35 heavy (non-hydrogen) atoms. The van der Waals surface area contributed by atoms with Crippen LogP contribution in [0, 0.1) is 14.7 Å². The van der Waals surface area contributed by atoms with Gasteiger partial charge in [-0.15, -0.1) is 9.81 Å². The van der Waals surface area contributed by atoms with Gasteiger partial charge in [0.1, 0.15) is 5.60 Å². The van der Waals surface area contributed by atoms with Gasteiger partial charge < -0.3 is 25.2 Å². The van der Waals surface area contributed by atoms with E-state index in [9.17, 15) is 47.8 Å². The largest absolute Gasteiger partial charge is 0.496 e. The molecule has 0 saturated carbocycles. The highest BCUT2D eigenvalue weighted by Gasteiger charge is 2.66. The maximum absolute atomic E-state index is 12.2. The van der Waals surface area contributed by atoms with Crippen LogP contribution in [0.15, 0.2) is 37.2 Å². The Bertz CT molecular complexity index is 1270. The van der Waals surface area contributed by atoms with Crippen LogP contribution in [0.4, 0.5) is 0 Å². The van der Waals surface area contributed by atoms with Crippen LogP contribution < -0.4 is 17.0 Å². The minimum Gasteiger partial charge on any atom is -0.342 e. The van der Waals surface area contributed by atoms with Gasteiger partial charge in [0.25, 0.3) is 5.56 Å². The Morgan fingerprint density at radius 3 is 2.29 bits per heavy atom. The summed E-state index contributed by atoms with van der Waals surface area (Å²) in [6.45, 7) is -1.06. The van der Waals surface area contributed by atoms with Crippen molar-refractivity contribution in [3.8, 4) is 0 Å². The third-order valence-electron chi connectivity index (χ3n) is 4.64. The zero-order valence-corrected chi connectivity index (χ0v) is 19.9. The van der Waals surface area contributed by atoms with E-state index >= 15 is 0 Å². The number of rotatable bonds is 12. The number of nitrogens with zero attached hydrogens (tertiary/aromatic N) is 4. The summed E-state index contributed by atoms with van der Waals surface area (Å²) in [7, 11) is -17.2. The summed E-state index contributed by atoms with van der Waals surface area (Å²) in [5, 5.41) is 5.51. The fourth-order valence-electron chi connectivity index (χ4n) is 3.16. The van der Waals surface area contributed by atoms with Crippen LogP contribution in [-0.4, -0.2) is 54.6 Å². The molecule has 2 heterocycles. The molecule has 0 bridgehead atoms. The fraction of sp³-hybridized carbons (Fsp3) is 0.636. The summed E-state index contributed by atoms with van der Waals surface area (Å²) in [5.41, 5.74) is -0.836. The minimum absolute atomic E-state index is 0.647. The quantitative estimate of drug-likeness (QED) is 0.158. The summed E-state index contributed by atoms with van der Waals surface area (Å²) in [6, 6.07) is -1.06. The van der Waals surface area contributed by atoms with Crippen LogP contribution in [0.3, 0.4) is 0 Å². The molecule has 0 radical (unpaired) electrons. The van der Waals surface area contributed by atoms with Gasteiger partial charge in [0.2, 0.25) is 0 Å². The van der Waals surface area contributed by atoms with Gasteiger partial charge in [-0.05, 0) is 6.92 Å². The SMILES string of the molecule is C[C@@]1(N=O)[C@H](N=O)[C@@](CN)(COP(=O)(O)OP(=O)(O)OP(=O)(O)N=O)O[C@H]1n1ccc(=O)[nH]c1=O.